The molecular weight excluding hydrogens is 248 g/mol. The van der Waals surface area contributed by atoms with Crippen LogP contribution in [0.4, 0.5) is 5.69 Å². The van der Waals surface area contributed by atoms with E-state index in [1.807, 2.05) is 25.1 Å². The van der Waals surface area contributed by atoms with Crippen molar-refractivity contribution in [2.75, 3.05) is 17.2 Å². The predicted molar refractivity (Wildman–Crippen MR) is 73.6 cm³/mol. The van der Waals surface area contributed by atoms with Gasteiger partial charge >= 0.3 is 0 Å². The maximum absolute atomic E-state index is 12.2. The molecule has 5 heteroatoms. The molecule has 0 aliphatic carbocycles. The Hall–Kier alpha value is -1.33. The lowest BCUT2D eigenvalue weighted by molar-refractivity contribution is -0.121. The summed E-state index contributed by atoms with van der Waals surface area (Å²) in [6.45, 7) is 2.46. The number of nitrogens with zero attached hydrogens (tertiary/aromatic N) is 1. The second-order valence-corrected chi connectivity index (χ2v) is 5.57. The van der Waals surface area contributed by atoms with Crippen molar-refractivity contribution in [3.05, 3.63) is 29.8 Å². The molecule has 1 atom stereocenters. The minimum absolute atomic E-state index is 0.121. The van der Waals surface area contributed by atoms with Crippen LogP contribution in [0.3, 0.4) is 0 Å². The molecule has 2 amide bonds. The maximum Gasteiger partial charge on any atom is 0.247 e. The van der Waals surface area contributed by atoms with Gasteiger partial charge in [-0.25, -0.2) is 4.90 Å². The molecule has 0 spiro atoms. The van der Waals surface area contributed by atoms with Gasteiger partial charge in [-0.15, -0.1) is 11.8 Å². The zero-order valence-electron chi connectivity index (χ0n) is 10.3. The van der Waals surface area contributed by atoms with Crippen molar-refractivity contribution in [1.82, 2.24) is 0 Å². The molecule has 1 aromatic rings. The Morgan fingerprint density at radius 2 is 2.22 bits per heavy atom. The maximum atomic E-state index is 12.2. The normalized spacial score (nSPS) is 19.7. The van der Waals surface area contributed by atoms with E-state index in [-0.39, 0.29) is 23.5 Å². The van der Waals surface area contributed by atoms with Crippen LogP contribution in [0.15, 0.2) is 24.3 Å². The first kappa shape index (κ1) is 13.1. The summed E-state index contributed by atoms with van der Waals surface area (Å²) in [5.74, 6) is 0.454. The number of nitrogens with two attached hydrogens (primary N) is 1. The van der Waals surface area contributed by atoms with Crippen molar-refractivity contribution in [2.24, 2.45) is 5.73 Å². The van der Waals surface area contributed by atoms with Crippen LogP contribution in [0.2, 0.25) is 0 Å². The lowest BCUT2D eigenvalue weighted by atomic mass is 10.2. The summed E-state index contributed by atoms with van der Waals surface area (Å²) < 4.78 is 0. The molecule has 1 fully saturated rings. The molecule has 0 bridgehead atoms. The summed E-state index contributed by atoms with van der Waals surface area (Å²) in [6.07, 6.45) is 0.275. The highest BCUT2D eigenvalue weighted by Crippen LogP contribution is 2.29. The molecule has 1 aliphatic heterocycles. The molecule has 0 radical (unpaired) electrons. The molecule has 2 N–H and O–H groups in total. The van der Waals surface area contributed by atoms with Crippen LogP contribution < -0.4 is 10.6 Å². The number of hydrogen-bond acceptors (Lipinski definition) is 4. The molecular formula is C13H16N2O2S. The topological polar surface area (TPSA) is 63.4 Å². The van der Waals surface area contributed by atoms with Crippen LogP contribution in [0.25, 0.3) is 0 Å². The molecule has 0 saturated carbocycles. The number of carbonyl (C=O) groups excluding carboxylic acids is 2. The fourth-order valence-corrected chi connectivity index (χ4v) is 2.91. The number of carbonyl (C=O) groups is 2. The Balaban J connectivity index is 2.19. The molecule has 2 rings (SSSR count). The van der Waals surface area contributed by atoms with E-state index < -0.39 is 0 Å². The highest BCUT2D eigenvalue weighted by atomic mass is 32.2. The second kappa shape index (κ2) is 5.54. The average molecular weight is 264 g/mol. The zero-order valence-corrected chi connectivity index (χ0v) is 11.1. The molecule has 1 aromatic carbocycles. The Labute approximate surface area is 111 Å². The van der Waals surface area contributed by atoms with Crippen LogP contribution in [0, 0.1) is 6.92 Å². The molecule has 18 heavy (non-hydrogen) atoms. The number of amides is 2. The second-order valence-electron chi connectivity index (χ2n) is 4.26. The van der Waals surface area contributed by atoms with E-state index in [1.165, 1.54) is 16.7 Å². The smallest absolute Gasteiger partial charge is 0.247 e. The molecule has 0 aromatic heterocycles. The van der Waals surface area contributed by atoms with Crippen molar-refractivity contribution in [3.8, 4) is 0 Å². The standard InChI is InChI=1S/C13H16N2O2S/c1-9-3-2-4-10(7-9)15-12(16)8-11(13(15)17)18-6-5-14/h2-4,7,11H,5-6,8,14H2,1H3. The van der Waals surface area contributed by atoms with Crippen LogP contribution in [0.5, 0.6) is 0 Å². The van der Waals surface area contributed by atoms with Crippen LogP contribution >= 0.6 is 11.8 Å². The van der Waals surface area contributed by atoms with E-state index in [9.17, 15) is 9.59 Å². The Morgan fingerprint density at radius 3 is 2.89 bits per heavy atom. The minimum Gasteiger partial charge on any atom is -0.330 e. The lowest BCUT2D eigenvalue weighted by Gasteiger charge is -2.15. The molecule has 1 heterocycles. The van der Waals surface area contributed by atoms with Crippen molar-refractivity contribution >= 4 is 29.3 Å². The van der Waals surface area contributed by atoms with Gasteiger partial charge in [-0.1, -0.05) is 12.1 Å². The molecule has 1 unspecified atom stereocenters. The average Bonchev–Trinajstić information content (AvgIpc) is 2.62. The number of thioether (sulfide) groups is 1. The van der Waals surface area contributed by atoms with E-state index >= 15 is 0 Å². The third-order valence-corrected chi connectivity index (χ3v) is 4.04. The van der Waals surface area contributed by atoms with Crippen molar-refractivity contribution < 1.29 is 9.59 Å². The number of hydrogen-bond donors (Lipinski definition) is 1. The van der Waals surface area contributed by atoms with Gasteiger partial charge in [-0.05, 0) is 24.6 Å². The first-order valence-electron chi connectivity index (χ1n) is 5.88. The van der Waals surface area contributed by atoms with Gasteiger partial charge < -0.3 is 5.73 Å². The largest absolute Gasteiger partial charge is 0.330 e. The van der Waals surface area contributed by atoms with Crippen LogP contribution in [-0.4, -0.2) is 29.4 Å². The van der Waals surface area contributed by atoms with E-state index in [0.717, 1.165) is 5.56 Å². The monoisotopic (exact) mass is 264 g/mol. The molecule has 1 aliphatic rings. The van der Waals surface area contributed by atoms with Crippen molar-refractivity contribution in [2.45, 2.75) is 18.6 Å². The molecule has 96 valence electrons. The first-order chi connectivity index (χ1) is 8.63. The SMILES string of the molecule is Cc1cccc(N2C(=O)CC(SCCN)C2=O)c1. The quantitative estimate of drug-likeness (QED) is 0.833. The van der Waals surface area contributed by atoms with E-state index in [1.54, 1.807) is 6.07 Å². The van der Waals surface area contributed by atoms with Gasteiger partial charge in [0, 0.05) is 18.7 Å². The Morgan fingerprint density at radius 1 is 1.44 bits per heavy atom. The van der Waals surface area contributed by atoms with Crippen LogP contribution in [0.1, 0.15) is 12.0 Å². The summed E-state index contributed by atoms with van der Waals surface area (Å²) in [6, 6.07) is 7.44. The number of benzene rings is 1. The van der Waals surface area contributed by atoms with Gasteiger partial charge in [-0.2, -0.15) is 0 Å². The third kappa shape index (κ3) is 2.57. The van der Waals surface area contributed by atoms with Gasteiger partial charge in [0.2, 0.25) is 11.8 Å². The first-order valence-corrected chi connectivity index (χ1v) is 6.93. The predicted octanol–water partition coefficient (Wildman–Crippen LogP) is 1.32. The van der Waals surface area contributed by atoms with Gasteiger partial charge in [0.25, 0.3) is 0 Å². The van der Waals surface area contributed by atoms with E-state index in [2.05, 4.69) is 0 Å². The fraction of sp³-hybridized carbons (Fsp3) is 0.385. The number of anilines is 1. The summed E-state index contributed by atoms with van der Waals surface area (Å²) in [4.78, 5) is 25.4. The lowest BCUT2D eigenvalue weighted by Crippen LogP contribution is -2.31. The number of aryl methyl sites for hydroxylation is 1. The van der Waals surface area contributed by atoms with Gasteiger partial charge in [0.15, 0.2) is 0 Å². The highest BCUT2D eigenvalue weighted by molar-refractivity contribution is 8.00. The van der Waals surface area contributed by atoms with Gasteiger partial charge in [0.1, 0.15) is 0 Å². The van der Waals surface area contributed by atoms with Crippen molar-refractivity contribution in [3.63, 3.8) is 0 Å². The Bertz CT molecular complexity index is 476. The zero-order chi connectivity index (χ0) is 13.1. The number of imide groups is 1. The fourth-order valence-electron chi connectivity index (χ4n) is 1.98. The summed E-state index contributed by atoms with van der Waals surface area (Å²) in [7, 11) is 0. The minimum atomic E-state index is -0.276. The summed E-state index contributed by atoms with van der Waals surface area (Å²) >= 11 is 1.46. The van der Waals surface area contributed by atoms with Crippen LogP contribution in [-0.2, 0) is 9.59 Å². The van der Waals surface area contributed by atoms with Gasteiger partial charge in [-0.3, -0.25) is 9.59 Å². The Kier molecular flexibility index (Phi) is 4.04. The highest BCUT2D eigenvalue weighted by Gasteiger charge is 2.39. The van der Waals surface area contributed by atoms with E-state index in [0.29, 0.717) is 18.0 Å². The molecule has 1 saturated heterocycles. The van der Waals surface area contributed by atoms with E-state index in [4.69, 9.17) is 5.73 Å². The number of rotatable bonds is 4. The summed E-state index contributed by atoms with van der Waals surface area (Å²) in [5, 5.41) is -0.276. The molecule has 4 nitrogen and oxygen atoms in total. The summed E-state index contributed by atoms with van der Waals surface area (Å²) in [5.41, 5.74) is 7.12. The van der Waals surface area contributed by atoms with Crippen molar-refractivity contribution in [1.29, 1.82) is 0 Å². The van der Waals surface area contributed by atoms with Gasteiger partial charge in [0.05, 0.1) is 10.9 Å². The third-order valence-electron chi connectivity index (χ3n) is 2.80.